The lowest BCUT2D eigenvalue weighted by Crippen LogP contribution is -2.26. The third kappa shape index (κ3) is 6.81. The number of benzene rings is 3. The number of ether oxygens (including phenoxy) is 1. The Morgan fingerprint density at radius 2 is 1.75 bits per heavy atom. The summed E-state index contributed by atoms with van der Waals surface area (Å²) in [4.78, 5) is 5.67. The first-order valence-corrected chi connectivity index (χ1v) is 14.3. The van der Waals surface area contributed by atoms with Crippen LogP contribution in [0.15, 0.2) is 88.9 Å². The van der Waals surface area contributed by atoms with E-state index < -0.39 is 10.0 Å². The van der Waals surface area contributed by atoms with Crippen LogP contribution in [0.25, 0.3) is 0 Å². The minimum absolute atomic E-state index is 0.251. The molecule has 9 heteroatoms. The molecule has 7 nitrogen and oxygen atoms in total. The van der Waals surface area contributed by atoms with Crippen LogP contribution >= 0.6 is 11.8 Å². The Balaban J connectivity index is 1.23. The summed E-state index contributed by atoms with van der Waals surface area (Å²) in [5, 5.41) is 8.18. The lowest BCUT2D eigenvalue weighted by molar-refractivity contribution is 0.107. The Morgan fingerprint density at radius 3 is 2.42 bits per heavy atom. The summed E-state index contributed by atoms with van der Waals surface area (Å²) in [6.07, 6.45) is 1.06. The molecule has 3 aromatic carbocycles. The fourth-order valence-electron chi connectivity index (χ4n) is 3.77. The van der Waals surface area contributed by atoms with Crippen molar-refractivity contribution in [1.82, 2.24) is 5.32 Å². The maximum atomic E-state index is 12.8. The molecule has 1 atom stereocenters. The van der Waals surface area contributed by atoms with Crippen molar-refractivity contribution in [3.05, 3.63) is 90.0 Å². The highest BCUT2D eigenvalue weighted by molar-refractivity contribution is 8.00. The van der Waals surface area contributed by atoms with E-state index in [-0.39, 0.29) is 4.90 Å². The number of oxime groups is 1. The van der Waals surface area contributed by atoms with Crippen molar-refractivity contribution < 1.29 is 18.0 Å². The van der Waals surface area contributed by atoms with Crippen LogP contribution < -0.4 is 14.4 Å². The van der Waals surface area contributed by atoms with Gasteiger partial charge >= 0.3 is 0 Å². The lowest BCUT2D eigenvalue weighted by Gasteiger charge is -2.19. The van der Waals surface area contributed by atoms with Gasteiger partial charge in [-0.1, -0.05) is 47.6 Å². The van der Waals surface area contributed by atoms with Crippen molar-refractivity contribution in [2.45, 2.75) is 23.5 Å². The molecule has 190 valence electrons. The van der Waals surface area contributed by atoms with Crippen LogP contribution in [-0.4, -0.2) is 52.1 Å². The van der Waals surface area contributed by atoms with Crippen molar-refractivity contribution in [2.75, 3.05) is 37.0 Å². The van der Waals surface area contributed by atoms with Gasteiger partial charge in [-0.2, -0.15) is 0 Å². The number of hydrogen-bond acceptors (Lipinski definition) is 7. The maximum absolute atomic E-state index is 12.8. The minimum atomic E-state index is -3.62. The third-order valence-electron chi connectivity index (χ3n) is 5.87. The van der Waals surface area contributed by atoms with Crippen LogP contribution in [0, 0.1) is 0 Å². The van der Waals surface area contributed by atoms with Gasteiger partial charge in [0, 0.05) is 24.7 Å². The second-order valence-corrected chi connectivity index (χ2v) is 11.7. The molecular formula is C27H31N3O4S2. The highest BCUT2D eigenvalue weighted by atomic mass is 32.2. The van der Waals surface area contributed by atoms with E-state index in [1.807, 2.05) is 43.0 Å². The van der Waals surface area contributed by atoms with E-state index in [9.17, 15) is 8.42 Å². The predicted octanol–water partition coefficient (Wildman–Crippen LogP) is 4.54. The molecule has 1 unspecified atom stereocenters. The highest BCUT2D eigenvalue weighted by Crippen LogP contribution is 2.23. The summed E-state index contributed by atoms with van der Waals surface area (Å²) in [7, 11) is -2.07. The Hall–Kier alpha value is -3.01. The minimum Gasteiger partial charge on any atom is -0.490 e. The van der Waals surface area contributed by atoms with Gasteiger partial charge in [0.05, 0.1) is 16.3 Å². The summed E-state index contributed by atoms with van der Waals surface area (Å²) in [5.74, 6) is 1.85. The highest BCUT2D eigenvalue weighted by Gasteiger charge is 2.21. The van der Waals surface area contributed by atoms with Gasteiger partial charge in [0.25, 0.3) is 10.0 Å². The van der Waals surface area contributed by atoms with Crippen LogP contribution in [-0.2, 0) is 21.3 Å². The van der Waals surface area contributed by atoms with Crippen molar-refractivity contribution in [1.29, 1.82) is 0 Å². The van der Waals surface area contributed by atoms with Gasteiger partial charge in [0.1, 0.15) is 12.4 Å². The van der Waals surface area contributed by atoms with E-state index in [0.717, 1.165) is 30.2 Å². The Kier molecular flexibility index (Phi) is 8.90. The standard InChI is InChI=1S/C27H31N3O4S2/c1-21(23-10-12-24(13-11-23)30(2)36(31,32)27-6-4-3-5-7-27)29-34-17-16-33-25-14-8-22(9-15-25)18-26-19-28-20-35-26/h3-15,26,28H,16-20H2,1-2H3. The van der Waals surface area contributed by atoms with E-state index in [4.69, 9.17) is 9.57 Å². The zero-order chi connectivity index (χ0) is 25.4. The molecule has 0 saturated carbocycles. The van der Waals surface area contributed by atoms with Gasteiger partial charge in [0.15, 0.2) is 6.61 Å². The van der Waals surface area contributed by atoms with Gasteiger partial charge in [-0.25, -0.2) is 8.42 Å². The molecule has 4 rings (SSSR count). The number of rotatable bonds is 11. The second-order valence-electron chi connectivity index (χ2n) is 8.43. The molecule has 1 fully saturated rings. The van der Waals surface area contributed by atoms with E-state index in [2.05, 4.69) is 22.6 Å². The lowest BCUT2D eigenvalue weighted by atomic mass is 10.1. The van der Waals surface area contributed by atoms with Crippen LogP contribution in [0.5, 0.6) is 5.75 Å². The topological polar surface area (TPSA) is 80.2 Å². The van der Waals surface area contributed by atoms with Crippen LogP contribution in [0.2, 0.25) is 0 Å². The van der Waals surface area contributed by atoms with Crippen LogP contribution in [0.3, 0.4) is 0 Å². The molecule has 0 aliphatic carbocycles. The largest absolute Gasteiger partial charge is 0.490 e. The molecular weight excluding hydrogens is 494 g/mol. The van der Waals surface area contributed by atoms with Gasteiger partial charge in [0.2, 0.25) is 0 Å². The summed E-state index contributed by atoms with van der Waals surface area (Å²) in [6.45, 7) is 3.62. The van der Waals surface area contributed by atoms with Gasteiger partial charge in [-0.15, -0.1) is 11.8 Å². The second kappa shape index (κ2) is 12.3. The number of nitrogens with one attached hydrogen (secondary N) is 1. The van der Waals surface area contributed by atoms with E-state index in [1.54, 1.807) is 49.5 Å². The zero-order valence-corrected chi connectivity index (χ0v) is 22.1. The Morgan fingerprint density at radius 1 is 1.03 bits per heavy atom. The smallest absolute Gasteiger partial charge is 0.264 e. The fourth-order valence-corrected chi connectivity index (χ4v) is 6.00. The van der Waals surface area contributed by atoms with Crippen molar-refractivity contribution in [3.63, 3.8) is 0 Å². The molecule has 0 spiro atoms. The van der Waals surface area contributed by atoms with Crippen molar-refractivity contribution in [3.8, 4) is 5.75 Å². The predicted molar refractivity (Wildman–Crippen MR) is 147 cm³/mol. The molecule has 1 aliphatic heterocycles. The molecule has 1 heterocycles. The Bertz CT molecular complexity index is 1240. The van der Waals surface area contributed by atoms with Crippen molar-refractivity contribution >= 4 is 33.2 Å². The molecule has 1 N–H and O–H groups in total. The number of hydrogen-bond donors (Lipinski definition) is 1. The molecule has 0 amide bonds. The van der Waals surface area contributed by atoms with Crippen molar-refractivity contribution in [2.24, 2.45) is 5.16 Å². The normalized spacial score (nSPS) is 16.1. The van der Waals surface area contributed by atoms with E-state index in [1.165, 1.54) is 9.87 Å². The van der Waals surface area contributed by atoms with E-state index in [0.29, 0.717) is 29.9 Å². The molecule has 0 aromatic heterocycles. The van der Waals surface area contributed by atoms with Crippen LogP contribution in [0.1, 0.15) is 18.1 Å². The molecule has 0 radical (unpaired) electrons. The monoisotopic (exact) mass is 525 g/mol. The number of anilines is 1. The van der Waals surface area contributed by atoms with Gasteiger partial charge in [-0.3, -0.25) is 4.31 Å². The average Bonchev–Trinajstić information content (AvgIpc) is 3.42. The van der Waals surface area contributed by atoms with Gasteiger partial charge < -0.3 is 14.9 Å². The summed E-state index contributed by atoms with van der Waals surface area (Å²) < 4.78 is 32.6. The molecule has 0 bridgehead atoms. The summed E-state index contributed by atoms with van der Waals surface area (Å²) in [5.41, 5.74) is 3.42. The molecule has 1 aliphatic rings. The SMILES string of the molecule is CC(=NOCCOc1ccc(CC2CNCS2)cc1)c1ccc(N(C)S(=O)(=O)c2ccccc2)cc1. The first kappa shape index (κ1) is 26.1. The maximum Gasteiger partial charge on any atom is 0.264 e. The Labute approximate surface area is 217 Å². The molecule has 1 saturated heterocycles. The third-order valence-corrected chi connectivity index (χ3v) is 8.85. The molecule has 3 aromatic rings. The first-order chi connectivity index (χ1) is 17.4. The zero-order valence-electron chi connectivity index (χ0n) is 20.5. The summed E-state index contributed by atoms with van der Waals surface area (Å²) >= 11 is 1.97. The number of nitrogens with zero attached hydrogens (tertiary/aromatic N) is 2. The first-order valence-electron chi connectivity index (χ1n) is 11.8. The fraction of sp³-hybridized carbons (Fsp3) is 0.296. The summed E-state index contributed by atoms with van der Waals surface area (Å²) in [6, 6.07) is 23.7. The molecule has 36 heavy (non-hydrogen) atoms. The number of sulfonamides is 1. The average molecular weight is 526 g/mol. The number of thioether (sulfide) groups is 1. The van der Waals surface area contributed by atoms with Gasteiger partial charge in [-0.05, 0) is 60.9 Å². The van der Waals surface area contributed by atoms with Crippen LogP contribution in [0.4, 0.5) is 5.69 Å². The quantitative estimate of drug-likeness (QED) is 0.225. The van der Waals surface area contributed by atoms with E-state index >= 15 is 0 Å².